The third-order valence-corrected chi connectivity index (χ3v) is 5.46. The van der Waals surface area contributed by atoms with Gasteiger partial charge in [0.1, 0.15) is 0 Å². The van der Waals surface area contributed by atoms with Gasteiger partial charge in [-0.15, -0.1) is 0 Å². The molecule has 3 aromatic rings. The normalized spacial score (nSPS) is 11.3. The topological polar surface area (TPSA) is 104 Å². The average Bonchev–Trinajstić information content (AvgIpc) is 3.17. The summed E-state index contributed by atoms with van der Waals surface area (Å²) in [7, 11) is -3.88. The molecule has 0 amide bonds. The Morgan fingerprint density at radius 3 is 2.59 bits per heavy atom. The van der Waals surface area contributed by atoms with Gasteiger partial charge < -0.3 is 4.74 Å². The van der Waals surface area contributed by atoms with Crippen LogP contribution in [0, 0.1) is 10.1 Å². The fourth-order valence-corrected chi connectivity index (χ4v) is 3.85. The van der Waals surface area contributed by atoms with E-state index in [-0.39, 0.29) is 22.2 Å². The Kier molecular flexibility index (Phi) is 5.22. The van der Waals surface area contributed by atoms with Crippen LogP contribution in [0.5, 0.6) is 5.75 Å². The molecule has 0 bridgehead atoms. The molecular weight excluding hydrogens is 370 g/mol. The van der Waals surface area contributed by atoms with Crippen molar-refractivity contribution in [3.8, 4) is 17.1 Å². The van der Waals surface area contributed by atoms with E-state index in [9.17, 15) is 18.5 Å². The minimum atomic E-state index is -3.88. The highest BCUT2D eigenvalue weighted by molar-refractivity contribution is 7.90. The Balaban J connectivity index is 2.08. The maximum Gasteiger partial charge on any atom is 0.311 e. The molecule has 0 aliphatic rings. The first-order chi connectivity index (χ1) is 12.9. The third kappa shape index (κ3) is 3.68. The van der Waals surface area contributed by atoms with Crippen molar-refractivity contribution in [3.05, 3.63) is 71.0 Å². The quantitative estimate of drug-likeness (QED) is 0.454. The van der Waals surface area contributed by atoms with Gasteiger partial charge in [0.15, 0.2) is 11.6 Å². The Bertz CT molecular complexity index is 1060. The van der Waals surface area contributed by atoms with Crippen molar-refractivity contribution in [1.82, 2.24) is 8.96 Å². The van der Waals surface area contributed by atoms with E-state index in [4.69, 9.17) is 4.74 Å². The van der Waals surface area contributed by atoms with E-state index in [1.807, 2.05) is 6.92 Å². The number of hydrogen-bond acceptors (Lipinski definition) is 6. The van der Waals surface area contributed by atoms with Gasteiger partial charge in [-0.2, -0.15) is 0 Å². The molecule has 0 aliphatic carbocycles. The largest absolute Gasteiger partial charge is 0.487 e. The molecule has 0 saturated carbocycles. The molecule has 27 heavy (non-hydrogen) atoms. The number of nitro groups is 1. The van der Waals surface area contributed by atoms with Crippen LogP contribution >= 0.6 is 0 Å². The first-order valence-corrected chi connectivity index (χ1v) is 9.64. The van der Waals surface area contributed by atoms with Gasteiger partial charge in [0, 0.05) is 24.0 Å². The Morgan fingerprint density at radius 2 is 1.93 bits per heavy atom. The number of nitrogens with zero attached hydrogens (tertiary/aromatic N) is 3. The van der Waals surface area contributed by atoms with E-state index in [1.165, 1.54) is 36.7 Å². The zero-order valence-electron chi connectivity index (χ0n) is 14.5. The lowest BCUT2D eigenvalue weighted by molar-refractivity contribution is -0.385. The van der Waals surface area contributed by atoms with Crippen LogP contribution < -0.4 is 4.74 Å². The van der Waals surface area contributed by atoms with Crippen LogP contribution in [0.25, 0.3) is 11.4 Å². The number of ether oxygens (including phenoxy) is 1. The molecule has 0 saturated heterocycles. The van der Waals surface area contributed by atoms with E-state index >= 15 is 0 Å². The second-order valence-electron chi connectivity index (χ2n) is 5.65. The fraction of sp³-hybridized carbons (Fsp3) is 0.167. The van der Waals surface area contributed by atoms with Crippen molar-refractivity contribution in [3.63, 3.8) is 0 Å². The van der Waals surface area contributed by atoms with Gasteiger partial charge in [0.05, 0.1) is 16.4 Å². The molecule has 140 valence electrons. The molecule has 0 radical (unpaired) electrons. The number of benzene rings is 2. The lowest BCUT2D eigenvalue weighted by Crippen LogP contribution is -2.13. The number of imidazole rings is 1. The summed E-state index contributed by atoms with van der Waals surface area (Å²) in [5.41, 5.74) is 0.0580. The van der Waals surface area contributed by atoms with Gasteiger partial charge >= 0.3 is 5.69 Å². The van der Waals surface area contributed by atoms with Crippen LogP contribution in [0.15, 0.2) is 65.8 Å². The monoisotopic (exact) mass is 387 g/mol. The lowest BCUT2D eigenvalue weighted by Gasteiger charge is -2.10. The highest BCUT2D eigenvalue weighted by Crippen LogP contribution is 2.33. The molecule has 1 heterocycles. The summed E-state index contributed by atoms with van der Waals surface area (Å²) < 4.78 is 32.2. The van der Waals surface area contributed by atoms with Crippen molar-refractivity contribution in [1.29, 1.82) is 0 Å². The second kappa shape index (κ2) is 7.58. The predicted molar refractivity (Wildman–Crippen MR) is 99.1 cm³/mol. The molecule has 0 spiro atoms. The molecule has 0 fully saturated rings. The average molecular weight is 387 g/mol. The van der Waals surface area contributed by atoms with Crippen molar-refractivity contribution in [2.24, 2.45) is 0 Å². The van der Waals surface area contributed by atoms with Gasteiger partial charge in [-0.3, -0.25) is 10.1 Å². The van der Waals surface area contributed by atoms with Crippen LogP contribution in [0.2, 0.25) is 0 Å². The summed E-state index contributed by atoms with van der Waals surface area (Å²) in [4.78, 5) is 15.0. The minimum Gasteiger partial charge on any atom is -0.487 e. The Morgan fingerprint density at radius 1 is 1.19 bits per heavy atom. The van der Waals surface area contributed by atoms with Crippen molar-refractivity contribution >= 4 is 15.7 Å². The maximum absolute atomic E-state index is 12.9. The maximum atomic E-state index is 12.9. The van der Waals surface area contributed by atoms with Gasteiger partial charge in [-0.05, 0) is 30.7 Å². The molecule has 8 nitrogen and oxygen atoms in total. The van der Waals surface area contributed by atoms with Crippen molar-refractivity contribution < 1.29 is 18.1 Å². The number of rotatable bonds is 7. The standard InChI is InChI=1S/C18H17N3O5S/c1-2-12-26-17-9-8-14(13-16(17)21(22)23)18-19-10-11-20(18)27(24,25)15-6-4-3-5-7-15/h3-11,13H,2,12H2,1H3. The SMILES string of the molecule is CCCOc1ccc(-c2nccn2S(=O)(=O)c2ccccc2)cc1[N+](=O)[O-]. The summed E-state index contributed by atoms with van der Waals surface area (Å²) in [5, 5.41) is 11.4. The molecule has 9 heteroatoms. The first kappa shape index (κ1) is 18.6. The first-order valence-electron chi connectivity index (χ1n) is 8.20. The number of aromatic nitrogens is 2. The molecule has 1 aromatic heterocycles. The van der Waals surface area contributed by atoms with Crippen LogP contribution in [0.3, 0.4) is 0 Å². The predicted octanol–water partition coefficient (Wildman–Crippen LogP) is 3.48. The minimum absolute atomic E-state index is 0.0870. The van der Waals surface area contributed by atoms with Crippen LogP contribution in [0.1, 0.15) is 13.3 Å². The summed E-state index contributed by atoms with van der Waals surface area (Å²) in [6.07, 6.45) is 3.35. The second-order valence-corrected chi connectivity index (χ2v) is 7.47. The zero-order chi connectivity index (χ0) is 19.4. The van der Waals surface area contributed by atoms with E-state index < -0.39 is 14.9 Å². The lowest BCUT2D eigenvalue weighted by atomic mass is 10.2. The van der Waals surface area contributed by atoms with Gasteiger partial charge in [-0.1, -0.05) is 25.1 Å². The highest BCUT2D eigenvalue weighted by atomic mass is 32.2. The van der Waals surface area contributed by atoms with Crippen LogP contribution in [-0.4, -0.2) is 28.9 Å². The highest BCUT2D eigenvalue weighted by Gasteiger charge is 2.23. The van der Waals surface area contributed by atoms with Crippen molar-refractivity contribution in [2.45, 2.75) is 18.2 Å². The van der Waals surface area contributed by atoms with E-state index in [0.29, 0.717) is 18.6 Å². The fourth-order valence-electron chi connectivity index (χ4n) is 2.53. The van der Waals surface area contributed by atoms with Crippen LogP contribution in [-0.2, 0) is 10.0 Å². The molecular formula is C18H17N3O5S. The summed E-state index contributed by atoms with van der Waals surface area (Å²) in [6, 6.07) is 12.2. The molecule has 0 unspecified atom stereocenters. The summed E-state index contributed by atoms with van der Waals surface area (Å²) in [6.45, 7) is 2.24. The van der Waals surface area contributed by atoms with Crippen molar-refractivity contribution in [2.75, 3.05) is 6.61 Å². The molecule has 2 aromatic carbocycles. The Labute approximate surface area is 156 Å². The zero-order valence-corrected chi connectivity index (χ0v) is 15.3. The summed E-state index contributed by atoms with van der Waals surface area (Å²) in [5.74, 6) is 0.221. The van der Waals surface area contributed by atoms with Gasteiger partial charge in [-0.25, -0.2) is 17.4 Å². The molecule has 0 atom stereocenters. The molecule has 0 N–H and O–H groups in total. The molecule has 0 aliphatic heterocycles. The number of nitro benzene ring substituents is 1. The van der Waals surface area contributed by atoms with Gasteiger partial charge in [0.2, 0.25) is 0 Å². The van der Waals surface area contributed by atoms with E-state index in [2.05, 4.69) is 4.98 Å². The van der Waals surface area contributed by atoms with Crippen LogP contribution in [0.4, 0.5) is 5.69 Å². The van der Waals surface area contributed by atoms with E-state index in [1.54, 1.807) is 24.3 Å². The smallest absolute Gasteiger partial charge is 0.311 e. The number of hydrogen-bond donors (Lipinski definition) is 0. The molecule has 3 rings (SSSR count). The third-order valence-electron chi connectivity index (χ3n) is 3.78. The Hall–Kier alpha value is -3.20. The van der Waals surface area contributed by atoms with E-state index in [0.717, 1.165) is 3.97 Å². The summed E-state index contributed by atoms with van der Waals surface area (Å²) >= 11 is 0. The van der Waals surface area contributed by atoms with Gasteiger partial charge in [0.25, 0.3) is 10.0 Å².